The Kier molecular flexibility index (Phi) is 7.17. The molecule has 19 heavy (non-hydrogen) atoms. The molecule has 0 rings (SSSR count). The predicted molar refractivity (Wildman–Crippen MR) is 83.0 cm³/mol. The second kappa shape index (κ2) is 7.56. The highest BCUT2D eigenvalue weighted by molar-refractivity contribution is 5.75. The van der Waals surface area contributed by atoms with Crippen LogP contribution in [-0.2, 0) is 0 Å². The minimum atomic E-state index is 0.00556. The fourth-order valence-corrected chi connectivity index (χ4v) is 1.60. The van der Waals surface area contributed by atoms with Gasteiger partial charge in [0.05, 0.1) is 0 Å². The molecular weight excluding hydrogens is 236 g/mol. The number of rotatable bonds is 5. The van der Waals surface area contributed by atoms with Gasteiger partial charge in [-0.15, -0.1) is 0 Å². The van der Waals surface area contributed by atoms with E-state index in [-0.39, 0.29) is 11.4 Å². The highest BCUT2D eigenvalue weighted by Gasteiger charge is 2.17. The monoisotopic (exact) mass is 268 g/mol. The van der Waals surface area contributed by atoms with Crippen LogP contribution in [0.2, 0.25) is 0 Å². The van der Waals surface area contributed by atoms with Crippen LogP contribution in [0.5, 0.6) is 0 Å². The topological polar surface area (TPSA) is 32.3 Å². The summed E-state index contributed by atoms with van der Waals surface area (Å²) in [6, 6.07) is 0.00556. The van der Waals surface area contributed by atoms with Crippen molar-refractivity contribution in [2.24, 2.45) is 17.3 Å². The van der Waals surface area contributed by atoms with Crippen LogP contribution < -0.4 is 5.32 Å². The molecule has 0 fully saturated rings. The molecule has 0 aliphatic rings. The zero-order valence-electron chi connectivity index (χ0n) is 14.0. The quantitative estimate of drug-likeness (QED) is 0.794. The lowest BCUT2D eigenvalue weighted by Gasteiger charge is -2.26. The Bertz CT molecular complexity index is 301. The van der Waals surface area contributed by atoms with E-state index >= 15 is 0 Å². The second-order valence-corrected chi connectivity index (χ2v) is 7.22. The number of hydrogen-bond acceptors (Lipinski definition) is 1. The van der Waals surface area contributed by atoms with Crippen LogP contribution in [0.3, 0.4) is 0 Å². The number of urea groups is 1. The van der Waals surface area contributed by atoms with E-state index in [1.165, 1.54) is 5.57 Å². The van der Waals surface area contributed by atoms with E-state index in [0.29, 0.717) is 11.8 Å². The highest BCUT2D eigenvalue weighted by atomic mass is 16.2. The van der Waals surface area contributed by atoms with E-state index in [2.05, 4.69) is 60.7 Å². The van der Waals surface area contributed by atoms with Crippen molar-refractivity contribution in [3.05, 3.63) is 11.8 Å². The van der Waals surface area contributed by atoms with Gasteiger partial charge in [-0.05, 0) is 24.2 Å². The number of hydrogen-bond donors (Lipinski definition) is 1. The first-order valence-electron chi connectivity index (χ1n) is 7.26. The van der Waals surface area contributed by atoms with Gasteiger partial charge in [0.15, 0.2) is 0 Å². The lowest BCUT2D eigenvalue weighted by molar-refractivity contribution is 0.186. The highest BCUT2D eigenvalue weighted by Crippen LogP contribution is 2.23. The summed E-state index contributed by atoms with van der Waals surface area (Å²) < 4.78 is 0. The van der Waals surface area contributed by atoms with Gasteiger partial charge >= 0.3 is 6.03 Å². The van der Waals surface area contributed by atoms with Gasteiger partial charge in [-0.3, -0.25) is 0 Å². The fourth-order valence-electron chi connectivity index (χ4n) is 1.60. The van der Waals surface area contributed by atoms with Crippen LogP contribution in [0.15, 0.2) is 11.8 Å². The average Bonchev–Trinajstić information content (AvgIpc) is 2.21. The fraction of sp³-hybridized carbons (Fsp3) is 0.812. The minimum absolute atomic E-state index is 0.00556. The minimum Gasteiger partial charge on any atom is -0.324 e. The number of amides is 2. The zero-order valence-corrected chi connectivity index (χ0v) is 14.0. The molecular formula is C16H32N2O. The number of carbonyl (C=O) groups is 1. The van der Waals surface area contributed by atoms with Gasteiger partial charge in [0, 0.05) is 19.3 Å². The third-order valence-corrected chi connectivity index (χ3v) is 3.05. The molecule has 0 atom stereocenters. The summed E-state index contributed by atoms with van der Waals surface area (Å²) in [7, 11) is 0. The molecule has 0 radical (unpaired) electrons. The van der Waals surface area contributed by atoms with E-state index in [0.717, 1.165) is 13.1 Å². The van der Waals surface area contributed by atoms with Crippen LogP contribution in [0.1, 0.15) is 55.4 Å². The number of allylic oxidation sites excluding steroid dienone is 1. The maximum absolute atomic E-state index is 12.2. The Morgan fingerprint density at radius 1 is 1.11 bits per heavy atom. The Labute approximate surface area is 119 Å². The Morgan fingerprint density at radius 3 is 1.84 bits per heavy atom. The first-order chi connectivity index (χ1) is 8.54. The van der Waals surface area contributed by atoms with Gasteiger partial charge in [-0.25, -0.2) is 4.79 Å². The Morgan fingerprint density at radius 2 is 1.53 bits per heavy atom. The van der Waals surface area contributed by atoms with Gasteiger partial charge < -0.3 is 10.2 Å². The van der Waals surface area contributed by atoms with Crippen molar-refractivity contribution < 1.29 is 4.79 Å². The zero-order chi connectivity index (χ0) is 15.2. The molecule has 0 unspecified atom stereocenters. The summed E-state index contributed by atoms with van der Waals surface area (Å²) in [6.07, 6.45) is 1.84. The van der Waals surface area contributed by atoms with E-state index in [1.807, 2.05) is 11.1 Å². The first kappa shape index (κ1) is 18.0. The summed E-state index contributed by atoms with van der Waals surface area (Å²) in [4.78, 5) is 14.1. The molecule has 0 aromatic carbocycles. The van der Waals surface area contributed by atoms with Crippen molar-refractivity contribution in [3.8, 4) is 0 Å². The van der Waals surface area contributed by atoms with Crippen molar-refractivity contribution >= 4 is 6.03 Å². The summed E-state index contributed by atoms with van der Waals surface area (Å²) in [5, 5.41) is 2.92. The van der Waals surface area contributed by atoms with Crippen molar-refractivity contribution in [2.75, 3.05) is 13.1 Å². The Hall–Kier alpha value is -0.990. The molecule has 0 bridgehead atoms. The smallest absolute Gasteiger partial charge is 0.321 e. The molecule has 3 heteroatoms. The van der Waals surface area contributed by atoms with Crippen molar-refractivity contribution in [2.45, 2.75) is 55.4 Å². The normalized spacial score (nSPS) is 13.1. The molecule has 0 heterocycles. The van der Waals surface area contributed by atoms with Crippen LogP contribution >= 0.6 is 0 Å². The lowest BCUT2D eigenvalue weighted by atomic mass is 9.88. The predicted octanol–water partition coefficient (Wildman–Crippen LogP) is 4.26. The van der Waals surface area contributed by atoms with Crippen LogP contribution in [0.4, 0.5) is 4.79 Å². The van der Waals surface area contributed by atoms with E-state index in [4.69, 9.17) is 0 Å². The number of carbonyl (C=O) groups excluding carboxylic acids is 1. The molecule has 0 saturated carbocycles. The van der Waals surface area contributed by atoms with E-state index < -0.39 is 0 Å². The molecule has 0 saturated heterocycles. The van der Waals surface area contributed by atoms with Crippen LogP contribution in [0, 0.1) is 17.3 Å². The van der Waals surface area contributed by atoms with Crippen LogP contribution in [-0.4, -0.2) is 24.0 Å². The molecule has 0 aliphatic heterocycles. The van der Waals surface area contributed by atoms with Gasteiger partial charge in [0.2, 0.25) is 0 Å². The maximum Gasteiger partial charge on any atom is 0.321 e. The molecule has 112 valence electrons. The number of nitrogens with one attached hydrogen (secondary N) is 1. The molecule has 0 aromatic rings. The lowest BCUT2D eigenvalue weighted by Crippen LogP contribution is -2.42. The SMILES string of the molecule is C/C(=C\NC(=O)N(CC(C)C)CC(C)C)C(C)(C)C. The molecule has 0 spiro atoms. The molecule has 0 aromatic heterocycles. The molecule has 2 amide bonds. The summed E-state index contributed by atoms with van der Waals surface area (Å²) in [6.45, 7) is 18.6. The van der Waals surface area contributed by atoms with Gasteiger partial charge in [-0.1, -0.05) is 54.0 Å². The average molecular weight is 268 g/mol. The summed E-state index contributed by atoms with van der Waals surface area (Å²) >= 11 is 0. The van der Waals surface area contributed by atoms with Gasteiger partial charge in [0.25, 0.3) is 0 Å². The molecule has 1 N–H and O–H groups in total. The molecule has 3 nitrogen and oxygen atoms in total. The first-order valence-corrected chi connectivity index (χ1v) is 7.26. The number of nitrogens with zero attached hydrogens (tertiary/aromatic N) is 1. The van der Waals surface area contributed by atoms with Crippen molar-refractivity contribution in [1.29, 1.82) is 0 Å². The summed E-state index contributed by atoms with van der Waals surface area (Å²) in [5.41, 5.74) is 1.27. The van der Waals surface area contributed by atoms with Gasteiger partial charge in [0.1, 0.15) is 0 Å². The Balaban J connectivity index is 4.64. The van der Waals surface area contributed by atoms with Crippen LogP contribution in [0.25, 0.3) is 0 Å². The second-order valence-electron chi connectivity index (χ2n) is 7.22. The van der Waals surface area contributed by atoms with Crippen molar-refractivity contribution in [1.82, 2.24) is 10.2 Å². The third kappa shape index (κ3) is 7.91. The maximum atomic E-state index is 12.2. The largest absolute Gasteiger partial charge is 0.324 e. The molecule has 0 aliphatic carbocycles. The van der Waals surface area contributed by atoms with Crippen molar-refractivity contribution in [3.63, 3.8) is 0 Å². The van der Waals surface area contributed by atoms with E-state index in [1.54, 1.807) is 0 Å². The van der Waals surface area contributed by atoms with E-state index in [9.17, 15) is 4.79 Å². The third-order valence-electron chi connectivity index (χ3n) is 3.05. The standard InChI is InChI=1S/C16H32N2O/c1-12(2)10-18(11-13(3)4)15(19)17-9-14(5)16(6,7)8/h9,12-13H,10-11H2,1-8H3,(H,17,19)/b14-9+. The van der Waals surface area contributed by atoms with Gasteiger partial charge in [-0.2, -0.15) is 0 Å². The summed E-state index contributed by atoms with van der Waals surface area (Å²) in [5.74, 6) is 0.967.